The van der Waals surface area contributed by atoms with Gasteiger partial charge in [-0.3, -0.25) is 0 Å². The lowest BCUT2D eigenvalue weighted by Gasteiger charge is -2.37. The molecule has 19 heavy (non-hydrogen) atoms. The minimum Gasteiger partial charge on any atom is -0.378 e. The van der Waals surface area contributed by atoms with Crippen molar-refractivity contribution in [3.8, 4) is 6.07 Å². The van der Waals surface area contributed by atoms with Gasteiger partial charge in [0.05, 0.1) is 19.3 Å². The lowest BCUT2D eigenvalue weighted by atomic mass is 9.87. The monoisotopic (exact) mass is 255 g/mol. The summed E-state index contributed by atoms with van der Waals surface area (Å²) in [6.45, 7) is 2.71. The van der Waals surface area contributed by atoms with Crippen molar-refractivity contribution < 1.29 is 4.74 Å². The summed E-state index contributed by atoms with van der Waals surface area (Å²) in [4.78, 5) is 5.48. The molecule has 1 saturated heterocycles. The van der Waals surface area contributed by atoms with Gasteiger partial charge in [-0.1, -0.05) is 18.2 Å². The topological polar surface area (TPSA) is 52.0 Å². The van der Waals surface area contributed by atoms with Gasteiger partial charge in [-0.25, -0.2) is 0 Å². The molecule has 1 aliphatic rings. The molecular weight excluding hydrogens is 238 g/mol. The fourth-order valence-electron chi connectivity index (χ4n) is 2.67. The van der Waals surface area contributed by atoms with Gasteiger partial charge in [-0.05, 0) is 18.7 Å². The molecule has 4 nitrogen and oxygen atoms in total. The van der Waals surface area contributed by atoms with E-state index >= 15 is 0 Å². The first kappa shape index (κ1) is 12.2. The van der Waals surface area contributed by atoms with E-state index in [0.29, 0.717) is 13.2 Å². The van der Waals surface area contributed by atoms with Crippen molar-refractivity contribution >= 4 is 10.9 Å². The Hall–Kier alpha value is -1.83. The summed E-state index contributed by atoms with van der Waals surface area (Å²) in [5.74, 6) is 0. The van der Waals surface area contributed by atoms with Gasteiger partial charge in [0.25, 0.3) is 0 Å². The van der Waals surface area contributed by atoms with Crippen LogP contribution in [0.4, 0.5) is 0 Å². The zero-order valence-corrected chi connectivity index (χ0v) is 11.0. The molecule has 0 radical (unpaired) electrons. The second-order valence-electron chi connectivity index (χ2n) is 5.42. The number of para-hydroxylation sites is 1. The summed E-state index contributed by atoms with van der Waals surface area (Å²) in [6, 6.07) is 10.7. The third kappa shape index (κ3) is 2.23. The van der Waals surface area contributed by atoms with Crippen LogP contribution in [0.2, 0.25) is 0 Å². The van der Waals surface area contributed by atoms with E-state index in [1.165, 1.54) is 10.9 Å². The highest BCUT2D eigenvalue weighted by atomic mass is 16.5. The van der Waals surface area contributed by atoms with Gasteiger partial charge in [0.15, 0.2) is 0 Å². The Labute approximate surface area is 112 Å². The Morgan fingerprint density at radius 3 is 2.89 bits per heavy atom. The highest BCUT2D eigenvalue weighted by Crippen LogP contribution is 2.28. The maximum absolute atomic E-state index is 9.22. The van der Waals surface area contributed by atoms with Crippen LogP contribution in [0, 0.1) is 16.7 Å². The molecule has 2 heterocycles. The first-order valence-corrected chi connectivity index (χ1v) is 6.45. The molecule has 0 saturated carbocycles. The number of H-pyrrole nitrogens is 1. The van der Waals surface area contributed by atoms with Crippen LogP contribution in [-0.2, 0) is 11.3 Å². The Morgan fingerprint density at radius 2 is 2.21 bits per heavy atom. The van der Waals surface area contributed by atoms with Gasteiger partial charge in [-0.2, -0.15) is 5.26 Å². The van der Waals surface area contributed by atoms with Crippen molar-refractivity contribution in [1.82, 2.24) is 9.88 Å². The maximum Gasteiger partial charge on any atom is 0.116 e. The summed E-state index contributed by atoms with van der Waals surface area (Å²) < 4.78 is 5.18. The van der Waals surface area contributed by atoms with E-state index in [1.54, 1.807) is 0 Å². The van der Waals surface area contributed by atoms with Crippen LogP contribution < -0.4 is 0 Å². The Balaban J connectivity index is 1.73. The van der Waals surface area contributed by atoms with Crippen LogP contribution in [0.1, 0.15) is 5.56 Å². The fourth-order valence-corrected chi connectivity index (χ4v) is 2.67. The molecule has 1 fully saturated rings. The van der Waals surface area contributed by atoms with Crippen LogP contribution >= 0.6 is 0 Å². The van der Waals surface area contributed by atoms with Crippen molar-refractivity contribution in [2.75, 3.05) is 26.8 Å². The summed E-state index contributed by atoms with van der Waals surface area (Å²) >= 11 is 0. The molecule has 1 aromatic heterocycles. The molecule has 0 aliphatic carbocycles. The molecular formula is C15H17N3O. The zero-order valence-electron chi connectivity index (χ0n) is 11.0. The first-order valence-electron chi connectivity index (χ1n) is 6.45. The molecule has 1 N–H and O–H groups in total. The van der Waals surface area contributed by atoms with E-state index in [9.17, 15) is 5.26 Å². The fraction of sp³-hybridized carbons (Fsp3) is 0.400. The van der Waals surface area contributed by atoms with Gasteiger partial charge in [0, 0.05) is 30.2 Å². The van der Waals surface area contributed by atoms with Gasteiger partial charge >= 0.3 is 0 Å². The Bertz CT molecular complexity index is 622. The molecule has 3 rings (SSSR count). The molecule has 1 aliphatic heterocycles. The molecule has 0 spiro atoms. The predicted molar refractivity (Wildman–Crippen MR) is 73.5 cm³/mol. The van der Waals surface area contributed by atoms with Crippen molar-refractivity contribution in [3.05, 3.63) is 36.0 Å². The summed E-state index contributed by atoms with van der Waals surface area (Å²) in [6.07, 6.45) is 2.05. The largest absolute Gasteiger partial charge is 0.378 e. The molecule has 0 amide bonds. The number of aromatic amines is 1. The van der Waals surface area contributed by atoms with E-state index < -0.39 is 0 Å². The normalized spacial score (nSPS) is 17.3. The van der Waals surface area contributed by atoms with Crippen molar-refractivity contribution in [3.63, 3.8) is 0 Å². The van der Waals surface area contributed by atoms with Crippen LogP contribution in [0.15, 0.2) is 30.5 Å². The summed E-state index contributed by atoms with van der Waals surface area (Å²) in [5.41, 5.74) is 2.13. The number of nitrogens with one attached hydrogen (secondary N) is 1. The second kappa shape index (κ2) is 4.69. The number of hydrogen-bond acceptors (Lipinski definition) is 3. The number of hydrogen-bond donors (Lipinski definition) is 1. The quantitative estimate of drug-likeness (QED) is 0.910. The molecule has 0 atom stereocenters. The van der Waals surface area contributed by atoms with Crippen LogP contribution in [0.5, 0.6) is 0 Å². The SMILES string of the molecule is CN(Cc1c[nH]c2ccccc12)CC1(C#N)COC1. The van der Waals surface area contributed by atoms with E-state index in [-0.39, 0.29) is 5.41 Å². The van der Waals surface area contributed by atoms with E-state index in [4.69, 9.17) is 4.74 Å². The zero-order chi connectivity index (χ0) is 13.3. The van der Waals surface area contributed by atoms with Gasteiger partial charge in [0.2, 0.25) is 0 Å². The number of aromatic nitrogens is 1. The van der Waals surface area contributed by atoms with Gasteiger partial charge in [-0.15, -0.1) is 0 Å². The van der Waals surface area contributed by atoms with Crippen LogP contribution in [0.25, 0.3) is 10.9 Å². The van der Waals surface area contributed by atoms with E-state index in [0.717, 1.165) is 18.6 Å². The van der Waals surface area contributed by atoms with Gasteiger partial charge < -0.3 is 14.6 Å². The van der Waals surface area contributed by atoms with Gasteiger partial charge in [0.1, 0.15) is 5.41 Å². The highest BCUT2D eigenvalue weighted by molar-refractivity contribution is 5.82. The average molecular weight is 255 g/mol. The third-order valence-electron chi connectivity index (χ3n) is 3.68. The van der Waals surface area contributed by atoms with Crippen LogP contribution in [0.3, 0.4) is 0 Å². The lowest BCUT2D eigenvalue weighted by molar-refractivity contribution is -0.0895. The molecule has 0 bridgehead atoms. The van der Waals surface area contributed by atoms with Crippen molar-refractivity contribution in [1.29, 1.82) is 5.26 Å². The minimum absolute atomic E-state index is 0.305. The number of benzene rings is 1. The number of rotatable bonds is 4. The smallest absolute Gasteiger partial charge is 0.116 e. The summed E-state index contributed by atoms with van der Waals surface area (Å²) in [5, 5.41) is 10.5. The molecule has 2 aromatic rings. The van der Waals surface area contributed by atoms with Crippen molar-refractivity contribution in [2.45, 2.75) is 6.54 Å². The molecule has 98 valence electrons. The molecule has 1 aromatic carbocycles. The number of nitriles is 1. The minimum atomic E-state index is -0.305. The van der Waals surface area contributed by atoms with E-state index in [1.807, 2.05) is 6.07 Å². The molecule has 4 heteroatoms. The average Bonchev–Trinajstić information content (AvgIpc) is 2.78. The third-order valence-corrected chi connectivity index (χ3v) is 3.68. The Morgan fingerprint density at radius 1 is 1.42 bits per heavy atom. The summed E-state index contributed by atoms with van der Waals surface area (Å²) in [7, 11) is 2.05. The maximum atomic E-state index is 9.22. The standard InChI is InChI=1S/C15H17N3O/c1-18(9-15(8-16)10-19-11-15)7-12-6-17-14-5-3-2-4-13(12)14/h2-6,17H,7,9-11H2,1H3. The number of nitrogens with zero attached hydrogens (tertiary/aromatic N) is 2. The lowest BCUT2D eigenvalue weighted by Crippen LogP contribution is -2.48. The first-order chi connectivity index (χ1) is 9.22. The predicted octanol–water partition coefficient (Wildman–Crippen LogP) is 2.14. The Kier molecular flexibility index (Phi) is 3.02. The van der Waals surface area contributed by atoms with Crippen LogP contribution in [-0.4, -0.2) is 36.7 Å². The molecule has 0 unspecified atom stereocenters. The highest BCUT2D eigenvalue weighted by Gasteiger charge is 2.39. The second-order valence-corrected chi connectivity index (χ2v) is 5.42. The number of fused-ring (bicyclic) bond motifs is 1. The number of ether oxygens (including phenoxy) is 1. The van der Waals surface area contributed by atoms with Crippen molar-refractivity contribution in [2.24, 2.45) is 5.41 Å². The van der Waals surface area contributed by atoms with E-state index in [2.05, 4.69) is 47.4 Å².